The number of nitrogens with zero attached hydrogens (tertiary/aromatic N) is 2. The number of thiocarbonyl (C=S) groups is 1. The minimum atomic E-state index is 0.628. The molecule has 6 heteroatoms. The first-order chi connectivity index (χ1) is 8.75. The minimum Gasteiger partial charge on any atom is -0.378 e. The Morgan fingerprint density at radius 3 is 2.67 bits per heavy atom. The molecule has 1 aliphatic rings. The standard InChI is InChI=1S/C12H14ClN3OS/c13-11-3-1-10(2-4-11)9-14-15-12(18)16-5-7-17-8-6-16/h1-4,9H,5-8H2,(H,15,18)/b14-9+. The number of ether oxygens (including phenoxy) is 1. The van der Waals surface area contributed by atoms with Gasteiger partial charge >= 0.3 is 0 Å². The molecular weight excluding hydrogens is 270 g/mol. The van der Waals surface area contributed by atoms with E-state index in [0.29, 0.717) is 23.3 Å². The highest BCUT2D eigenvalue weighted by Crippen LogP contribution is 2.07. The molecule has 0 spiro atoms. The summed E-state index contributed by atoms with van der Waals surface area (Å²) in [5, 5.41) is 5.44. The summed E-state index contributed by atoms with van der Waals surface area (Å²) in [4.78, 5) is 2.04. The van der Waals surface area contributed by atoms with E-state index in [2.05, 4.69) is 10.5 Å². The monoisotopic (exact) mass is 283 g/mol. The van der Waals surface area contributed by atoms with Gasteiger partial charge in [-0.3, -0.25) is 5.43 Å². The molecule has 0 aliphatic carbocycles. The van der Waals surface area contributed by atoms with Gasteiger partial charge in [0, 0.05) is 18.1 Å². The number of rotatable bonds is 2. The summed E-state index contributed by atoms with van der Waals surface area (Å²) in [5.41, 5.74) is 3.82. The Morgan fingerprint density at radius 1 is 1.33 bits per heavy atom. The van der Waals surface area contributed by atoms with Crippen LogP contribution in [0.15, 0.2) is 29.4 Å². The van der Waals surface area contributed by atoms with Crippen molar-refractivity contribution in [3.63, 3.8) is 0 Å². The molecule has 2 rings (SSSR count). The van der Waals surface area contributed by atoms with Gasteiger partial charge in [0.05, 0.1) is 19.4 Å². The summed E-state index contributed by atoms with van der Waals surface area (Å²) in [7, 11) is 0. The predicted octanol–water partition coefficient (Wildman–Crippen LogP) is 1.88. The van der Waals surface area contributed by atoms with Gasteiger partial charge in [0.25, 0.3) is 0 Å². The van der Waals surface area contributed by atoms with Crippen molar-refractivity contribution in [3.8, 4) is 0 Å². The highest BCUT2D eigenvalue weighted by molar-refractivity contribution is 7.80. The molecule has 1 aliphatic heterocycles. The van der Waals surface area contributed by atoms with Crippen LogP contribution in [0.3, 0.4) is 0 Å². The number of benzene rings is 1. The second-order valence-corrected chi connectivity index (χ2v) is 4.65. The fourth-order valence-electron chi connectivity index (χ4n) is 1.55. The van der Waals surface area contributed by atoms with E-state index in [9.17, 15) is 0 Å². The molecular formula is C12H14ClN3OS. The molecule has 96 valence electrons. The van der Waals surface area contributed by atoms with Gasteiger partial charge < -0.3 is 9.64 Å². The molecule has 0 atom stereocenters. The molecule has 0 saturated carbocycles. The maximum atomic E-state index is 5.80. The van der Waals surface area contributed by atoms with Crippen LogP contribution < -0.4 is 5.43 Å². The van der Waals surface area contributed by atoms with E-state index in [1.807, 2.05) is 29.2 Å². The van der Waals surface area contributed by atoms with Crippen LogP contribution in [0.5, 0.6) is 0 Å². The van der Waals surface area contributed by atoms with E-state index in [1.54, 1.807) is 6.21 Å². The number of hydrazone groups is 1. The lowest BCUT2D eigenvalue weighted by molar-refractivity contribution is 0.0677. The summed E-state index contributed by atoms with van der Waals surface area (Å²) < 4.78 is 5.25. The molecule has 18 heavy (non-hydrogen) atoms. The van der Waals surface area contributed by atoms with Gasteiger partial charge in [0.1, 0.15) is 0 Å². The second-order valence-electron chi connectivity index (χ2n) is 3.83. The lowest BCUT2D eigenvalue weighted by atomic mass is 10.2. The first-order valence-electron chi connectivity index (χ1n) is 5.67. The third-order valence-corrected chi connectivity index (χ3v) is 3.14. The molecule has 1 heterocycles. The van der Waals surface area contributed by atoms with Crippen molar-refractivity contribution >= 4 is 35.1 Å². The molecule has 0 aromatic heterocycles. The predicted molar refractivity (Wildman–Crippen MR) is 77.2 cm³/mol. The molecule has 4 nitrogen and oxygen atoms in total. The summed E-state index contributed by atoms with van der Waals surface area (Å²) in [6.07, 6.45) is 1.71. The van der Waals surface area contributed by atoms with Crippen molar-refractivity contribution in [2.45, 2.75) is 0 Å². The van der Waals surface area contributed by atoms with Crippen molar-refractivity contribution < 1.29 is 4.74 Å². The third kappa shape index (κ3) is 3.94. The first-order valence-corrected chi connectivity index (χ1v) is 6.45. The van der Waals surface area contributed by atoms with Crippen LogP contribution >= 0.6 is 23.8 Å². The fraction of sp³-hybridized carbons (Fsp3) is 0.333. The normalized spacial score (nSPS) is 15.9. The van der Waals surface area contributed by atoms with Gasteiger partial charge in [-0.15, -0.1) is 0 Å². The van der Waals surface area contributed by atoms with Crippen molar-refractivity contribution in [2.24, 2.45) is 5.10 Å². The third-order valence-electron chi connectivity index (χ3n) is 2.54. The summed E-state index contributed by atoms with van der Waals surface area (Å²) >= 11 is 11.0. The minimum absolute atomic E-state index is 0.628. The molecule has 1 N–H and O–H groups in total. The Bertz CT molecular complexity index is 429. The van der Waals surface area contributed by atoms with E-state index in [4.69, 9.17) is 28.6 Å². The second kappa shape index (κ2) is 6.68. The van der Waals surface area contributed by atoms with Crippen LogP contribution in [0.1, 0.15) is 5.56 Å². The zero-order chi connectivity index (χ0) is 12.8. The number of nitrogens with one attached hydrogen (secondary N) is 1. The van der Waals surface area contributed by atoms with Crippen LogP contribution in [-0.4, -0.2) is 42.5 Å². The van der Waals surface area contributed by atoms with E-state index in [1.165, 1.54) is 0 Å². The van der Waals surface area contributed by atoms with Crippen LogP contribution in [0.4, 0.5) is 0 Å². The van der Waals surface area contributed by atoms with E-state index in [0.717, 1.165) is 18.7 Å². The van der Waals surface area contributed by atoms with Gasteiger partial charge in [-0.25, -0.2) is 0 Å². The topological polar surface area (TPSA) is 36.9 Å². The van der Waals surface area contributed by atoms with Gasteiger partial charge in [-0.1, -0.05) is 23.7 Å². The Hall–Kier alpha value is -1.17. The molecule has 0 amide bonds. The van der Waals surface area contributed by atoms with Gasteiger partial charge in [-0.05, 0) is 29.9 Å². The van der Waals surface area contributed by atoms with Crippen LogP contribution in [-0.2, 0) is 4.74 Å². The number of morpholine rings is 1. The Kier molecular flexibility index (Phi) is 4.92. The van der Waals surface area contributed by atoms with Gasteiger partial charge in [0.15, 0.2) is 5.11 Å². The van der Waals surface area contributed by atoms with Crippen LogP contribution in [0.25, 0.3) is 0 Å². The smallest absolute Gasteiger partial charge is 0.189 e. The summed E-state index contributed by atoms with van der Waals surface area (Å²) in [6.45, 7) is 3.04. The molecule has 1 aromatic rings. The van der Waals surface area contributed by atoms with Gasteiger partial charge in [-0.2, -0.15) is 5.10 Å². The zero-order valence-electron chi connectivity index (χ0n) is 9.80. The zero-order valence-corrected chi connectivity index (χ0v) is 11.4. The molecule has 1 saturated heterocycles. The fourth-order valence-corrected chi connectivity index (χ4v) is 1.91. The largest absolute Gasteiger partial charge is 0.378 e. The van der Waals surface area contributed by atoms with Crippen molar-refractivity contribution in [2.75, 3.05) is 26.3 Å². The van der Waals surface area contributed by atoms with Gasteiger partial charge in [0.2, 0.25) is 0 Å². The first kappa shape index (κ1) is 13.3. The summed E-state index contributed by atoms with van der Waals surface area (Å²) in [6, 6.07) is 7.43. The van der Waals surface area contributed by atoms with Crippen molar-refractivity contribution in [1.82, 2.24) is 10.3 Å². The van der Waals surface area contributed by atoms with Crippen LogP contribution in [0.2, 0.25) is 5.02 Å². The Balaban J connectivity index is 1.83. The highest BCUT2D eigenvalue weighted by Gasteiger charge is 2.12. The molecule has 1 fully saturated rings. The average molecular weight is 284 g/mol. The lowest BCUT2D eigenvalue weighted by Gasteiger charge is -2.28. The van der Waals surface area contributed by atoms with Crippen molar-refractivity contribution in [3.05, 3.63) is 34.9 Å². The number of halogens is 1. The van der Waals surface area contributed by atoms with E-state index >= 15 is 0 Å². The molecule has 0 radical (unpaired) electrons. The van der Waals surface area contributed by atoms with E-state index in [-0.39, 0.29) is 0 Å². The van der Waals surface area contributed by atoms with Crippen LogP contribution in [0, 0.1) is 0 Å². The quantitative estimate of drug-likeness (QED) is 0.511. The Morgan fingerprint density at radius 2 is 2.00 bits per heavy atom. The average Bonchev–Trinajstić information content (AvgIpc) is 2.42. The number of hydrogen-bond acceptors (Lipinski definition) is 3. The maximum absolute atomic E-state index is 5.80. The van der Waals surface area contributed by atoms with E-state index < -0.39 is 0 Å². The lowest BCUT2D eigenvalue weighted by Crippen LogP contribution is -2.44. The summed E-state index contributed by atoms with van der Waals surface area (Å²) in [5.74, 6) is 0. The highest BCUT2D eigenvalue weighted by atomic mass is 35.5. The SMILES string of the molecule is S=C(N/N=C/c1ccc(Cl)cc1)N1CCOCC1. The number of hydrogen-bond donors (Lipinski definition) is 1. The maximum Gasteiger partial charge on any atom is 0.189 e. The molecule has 1 aromatic carbocycles. The Labute approximate surface area is 117 Å². The molecule has 0 bridgehead atoms. The van der Waals surface area contributed by atoms with Crippen molar-refractivity contribution in [1.29, 1.82) is 0 Å². The molecule has 0 unspecified atom stereocenters.